The molecule has 7 heteroatoms. The molecule has 150 valence electrons. The Morgan fingerprint density at radius 2 is 1.60 bits per heavy atom. The second-order valence-electron chi connectivity index (χ2n) is 7.30. The van der Waals surface area contributed by atoms with Crippen LogP contribution in [-0.2, 0) is 13.6 Å². The standard InChI is InChI=1S/C23H21N5O2/c1-3-14-26-21(29)19-20(25(2)23(26)30)24-22-27(19)15-18(16-10-6-4-7-11-16)28(22)17-12-8-5-9-13-17/h4-13,15H,3,14H2,1-2H3. The fraction of sp³-hybridized carbons (Fsp3) is 0.174. The maximum atomic E-state index is 13.2. The van der Waals surface area contributed by atoms with Crippen LogP contribution in [0.2, 0.25) is 0 Å². The molecule has 0 amide bonds. The van der Waals surface area contributed by atoms with Crippen LogP contribution in [-0.4, -0.2) is 23.1 Å². The Kier molecular flexibility index (Phi) is 4.17. The third-order valence-electron chi connectivity index (χ3n) is 5.38. The zero-order valence-corrected chi connectivity index (χ0v) is 16.8. The molecule has 0 aliphatic rings. The minimum absolute atomic E-state index is 0.313. The lowest BCUT2D eigenvalue weighted by Crippen LogP contribution is -2.39. The van der Waals surface area contributed by atoms with E-state index in [2.05, 4.69) is 0 Å². The largest absolute Gasteiger partial charge is 0.332 e. The van der Waals surface area contributed by atoms with Gasteiger partial charge in [-0.05, 0) is 18.6 Å². The van der Waals surface area contributed by atoms with Gasteiger partial charge in [-0.15, -0.1) is 0 Å². The van der Waals surface area contributed by atoms with Gasteiger partial charge >= 0.3 is 5.69 Å². The van der Waals surface area contributed by atoms with Crippen molar-refractivity contribution in [3.8, 4) is 16.9 Å². The molecule has 0 fully saturated rings. The summed E-state index contributed by atoms with van der Waals surface area (Å²) in [6, 6.07) is 19.9. The number of aryl methyl sites for hydroxylation is 1. The van der Waals surface area contributed by atoms with Crippen molar-refractivity contribution >= 4 is 16.9 Å². The first kappa shape index (κ1) is 18.2. The number of hydrogen-bond acceptors (Lipinski definition) is 3. The summed E-state index contributed by atoms with van der Waals surface area (Å²) in [4.78, 5) is 30.7. The number of aromatic nitrogens is 5. The van der Waals surface area contributed by atoms with Crippen molar-refractivity contribution in [3.63, 3.8) is 0 Å². The first-order chi connectivity index (χ1) is 14.6. The zero-order chi connectivity index (χ0) is 20.8. The van der Waals surface area contributed by atoms with Crippen LogP contribution in [0.5, 0.6) is 0 Å². The van der Waals surface area contributed by atoms with Crippen LogP contribution in [0, 0.1) is 0 Å². The molecule has 2 aromatic carbocycles. The van der Waals surface area contributed by atoms with Gasteiger partial charge in [0.15, 0.2) is 11.2 Å². The summed E-state index contributed by atoms with van der Waals surface area (Å²) < 4.78 is 6.57. The van der Waals surface area contributed by atoms with E-state index in [1.807, 2.05) is 78.4 Å². The van der Waals surface area contributed by atoms with E-state index < -0.39 is 0 Å². The third kappa shape index (κ3) is 2.55. The summed E-state index contributed by atoms with van der Waals surface area (Å²) in [6.45, 7) is 2.32. The fourth-order valence-electron chi connectivity index (χ4n) is 3.96. The Labute approximate surface area is 172 Å². The molecule has 5 aromatic rings. The lowest BCUT2D eigenvalue weighted by atomic mass is 10.1. The van der Waals surface area contributed by atoms with Gasteiger partial charge in [0.1, 0.15) is 0 Å². The lowest BCUT2D eigenvalue weighted by molar-refractivity contribution is 0.592. The van der Waals surface area contributed by atoms with Crippen molar-refractivity contribution in [2.24, 2.45) is 7.05 Å². The highest BCUT2D eigenvalue weighted by Crippen LogP contribution is 2.28. The maximum absolute atomic E-state index is 13.2. The Bertz CT molecular complexity index is 1490. The number of fused-ring (bicyclic) bond motifs is 3. The summed E-state index contributed by atoms with van der Waals surface area (Å²) in [7, 11) is 1.66. The number of benzene rings is 2. The van der Waals surface area contributed by atoms with Crippen LogP contribution in [0.4, 0.5) is 0 Å². The molecule has 0 saturated heterocycles. The van der Waals surface area contributed by atoms with E-state index in [1.54, 1.807) is 11.4 Å². The molecule has 0 aliphatic heterocycles. The van der Waals surface area contributed by atoms with Crippen molar-refractivity contribution in [2.45, 2.75) is 19.9 Å². The predicted octanol–water partition coefficient (Wildman–Crippen LogP) is 3.22. The average Bonchev–Trinajstić information content (AvgIpc) is 3.33. The van der Waals surface area contributed by atoms with Crippen LogP contribution in [0.25, 0.3) is 33.9 Å². The van der Waals surface area contributed by atoms with Gasteiger partial charge in [-0.1, -0.05) is 55.5 Å². The highest BCUT2D eigenvalue weighted by atomic mass is 16.2. The lowest BCUT2D eigenvalue weighted by Gasteiger charge is -2.09. The zero-order valence-electron chi connectivity index (χ0n) is 16.8. The van der Waals surface area contributed by atoms with Gasteiger partial charge < -0.3 is 0 Å². The van der Waals surface area contributed by atoms with Gasteiger partial charge in [-0.3, -0.25) is 22.9 Å². The van der Waals surface area contributed by atoms with Gasteiger partial charge in [-0.25, -0.2) is 4.79 Å². The second-order valence-corrected chi connectivity index (χ2v) is 7.30. The minimum Gasteiger partial charge on any atom is -0.279 e. The Balaban J connectivity index is 1.95. The number of rotatable bonds is 4. The van der Waals surface area contributed by atoms with Crippen LogP contribution < -0.4 is 11.2 Å². The van der Waals surface area contributed by atoms with Crippen molar-refractivity contribution in [1.29, 1.82) is 0 Å². The summed E-state index contributed by atoms with van der Waals surface area (Å²) in [5, 5.41) is 0. The summed E-state index contributed by atoms with van der Waals surface area (Å²) in [6.07, 6.45) is 2.62. The Hall–Kier alpha value is -3.87. The third-order valence-corrected chi connectivity index (χ3v) is 5.38. The van der Waals surface area contributed by atoms with E-state index in [0.29, 0.717) is 29.9 Å². The van der Waals surface area contributed by atoms with Crippen LogP contribution in [0.15, 0.2) is 76.4 Å². The molecular formula is C23H21N5O2. The summed E-state index contributed by atoms with van der Waals surface area (Å²) in [5.74, 6) is 0.594. The van der Waals surface area contributed by atoms with Gasteiger partial charge in [0.25, 0.3) is 5.56 Å². The normalized spacial score (nSPS) is 11.5. The molecule has 7 nitrogen and oxygen atoms in total. The molecule has 0 bridgehead atoms. The summed E-state index contributed by atoms with van der Waals surface area (Å²) in [5.41, 5.74) is 3.00. The van der Waals surface area contributed by atoms with Crippen molar-refractivity contribution in [1.82, 2.24) is 23.1 Å². The van der Waals surface area contributed by atoms with Crippen LogP contribution in [0.3, 0.4) is 0 Å². The topological polar surface area (TPSA) is 66.2 Å². The van der Waals surface area contributed by atoms with Crippen molar-refractivity contribution in [2.75, 3.05) is 0 Å². The van der Waals surface area contributed by atoms with E-state index in [-0.39, 0.29) is 11.2 Å². The fourth-order valence-corrected chi connectivity index (χ4v) is 3.96. The maximum Gasteiger partial charge on any atom is 0.332 e. The highest BCUT2D eigenvalue weighted by molar-refractivity contribution is 5.79. The number of hydrogen-bond donors (Lipinski definition) is 0. The molecular weight excluding hydrogens is 378 g/mol. The molecule has 0 radical (unpaired) electrons. The minimum atomic E-state index is -0.343. The molecule has 0 atom stereocenters. The van der Waals surface area contributed by atoms with Crippen molar-refractivity contribution in [3.05, 3.63) is 87.7 Å². The number of para-hydroxylation sites is 1. The van der Waals surface area contributed by atoms with Gasteiger partial charge in [0.05, 0.1) is 5.69 Å². The average molecular weight is 399 g/mol. The predicted molar refractivity (Wildman–Crippen MR) is 117 cm³/mol. The Morgan fingerprint density at radius 3 is 2.27 bits per heavy atom. The number of nitrogens with zero attached hydrogens (tertiary/aromatic N) is 5. The molecule has 0 aliphatic carbocycles. The van der Waals surface area contributed by atoms with E-state index in [9.17, 15) is 9.59 Å². The van der Waals surface area contributed by atoms with E-state index in [1.165, 1.54) is 9.13 Å². The Morgan fingerprint density at radius 1 is 0.933 bits per heavy atom. The molecule has 3 heterocycles. The molecule has 5 rings (SSSR count). The second kappa shape index (κ2) is 6.88. The molecule has 0 spiro atoms. The quantitative estimate of drug-likeness (QED) is 0.466. The van der Waals surface area contributed by atoms with Gasteiger partial charge in [-0.2, -0.15) is 4.98 Å². The first-order valence-electron chi connectivity index (χ1n) is 9.96. The van der Waals surface area contributed by atoms with Crippen LogP contribution in [0.1, 0.15) is 13.3 Å². The van der Waals surface area contributed by atoms with E-state index in [0.717, 1.165) is 16.9 Å². The van der Waals surface area contributed by atoms with Gasteiger partial charge in [0, 0.05) is 31.0 Å². The molecule has 0 unspecified atom stereocenters. The van der Waals surface area contributed by atoms with Gasteiger partial charge in [0.2, 0.25) is 5.78 Å². The molecule has 3 aromatic heterocycles. The molecule has 0 saturated carbocycles. The first-order valence-corrected chi connectivity index (χ1v) is 9.96. The molecule has 30 heavy (non-hydrogen) atoms. The number of imidazole rings is 2. The van der Waals surface area contributed by atoms with E-state index >= 15 is 0 Å². The van der Waals surface area contributed by atoms with Crippen molar-refractivity contribution < 1.29 is 0 Å². The molecule has 0 N–H and O–H groups in total. The van der Waals surface area contributed by atoms with Crippen LogP contribution >= 0.6 is 0 Å². The SMILES string of the molecule is CCCn1c(=O)c2c(nc3n(-c4ccccc4)c(-c4ccccc4)cn23)n(C)c1=O. The summed E-state index contributed by atoms with van der Waals surface area (Å²) >= 11 is 0. The highest BCUT2D eigenvalue weighted by Gasteiger charge is 2.22. The monoisotopic (exact) mass is 399 g/mol. The van der Waals surface area contributed by atoms with E-state index in [4.69, 9.17) is 4.98 Å². The smallest absolute Gasteiger partial charge is 0.279 e.